The molecule has 0 saturated carbocycles. The maximum Gasteiger partial charge on any atom is 0.224 e. The first-order valence-corrected chi connectivity index (χ1v) is 5.75. The summed E-state index contributed by atoms with van der Waals surface area (Å²) in [5, 5.41) is 2.57. The van der Waals surface area contributed by atoms with Gasteiger partial charge in [0, 0.05) is 12.6 Å². The van der Waals surface area contributed by atoms with E-state index in [9.17, 15) is 9.18 Å². The van der Waals surface area contributed by atoms with Crippen LogP contribution in [-0.4, -0.2) is 13.0 Å². The molecule has 0 aliphatic carbocycles. The van der Waals surface area contributed by atoms with Crippen LogP contribution in [0.25, 0.3) is 11.1 Å². The van der Waals surface area contributed by atoms with Gasteiger partial charge in [-0.25, -0.2) is 4.39 Å². The Morgan fingerprint density at radius 1 is 1.06 bits per heavy atom. The van der Waals surface area contributed by atoms with Crippen LogP contribution < -0.4 is 5.32 Å². The summed E-state index contributed by atoms with van der Waals surface area (Å²) < 4.78 is 13.8. The topological polar surface area (TPSA) is 29.1 Å². The molecule has 2 nitrogen and oxygen atoms in total. The normalized spacial score (nSPS) is 10.1. The number of nitrogens with one attached hydrogen (secondary N) is 1. The van der Waals surface area contributed by atoms with Gasteiger partial charge >= 0.3 is 0 Å². The average Bonchev–Trinajstić information content (AvgIpc) is 2.40. The number of likely N-dealkylation sites (N-methyl/N-ethyl adjacent to an activating group) is 1. The van der Waals surface area contributed by atoms with E-state index in [4.69, 9.17) is 0 Å². The lowest BCUT2D eigenvalue weighted by molar-refractivity contribution is -0.119. The van der Waals surface area contributed by atoms with Gasteiger partial charge in [0.1, 0.15) is 5.82 Å². The molecule has 1 N–H and O–H groups in total. The van der Waals surface area contributed by atoms with E-state index in [1.807, 2.05) is 24.3 Å². The third-order valence-corrected chi connectivity index (χ3v) is 2.81. The van der Waals surface area contributed by atoms with Gasteiger partial charge in [-0.2, -0.15) is 0 Å². The number of hydrogen-bond donors (Lipinski definition) is 1. The fourth-order valence-corrected chi connectivity index (χ4v) is 1.88. The van der Waals surface area contributed by atoms with Crippen LogP contribution in [0.2, 0.25) is 0 Å². The van der Waals surface area contributed by atoms with Gasteiger partial charge in [-0.15, -0.1) is 0 Å². The predicted octanol–water partition coefficient (Wildman–Crippen LogP) is 2.78. The Labute approximate surface area is 105 Å². The molecule has 3 heteroatoms. The lowest BCUT2D eigenvalue weighted by atomic mass is 9.97. The summed E-state index contributed by atoms with van der Waals surface area (Å²) in [6.07, 6.45) is 0.251. The van der Waals surface area contributed by atoms with E-state index in [1.54, 1.807) is 25.2 Å². The summed E-state index contributed by atoms with van der Waals surface area (Å²) in [6.45, 7) is 0. The van der Waals surface area contributed by atoms with Crippen molar-refractivity contribution in [1.29, 1.82) is 0 Å². The van der Waals surface area contributed by atoms with Gasteiger partial charge in [-0.1, -0.05) is 42.5 Å². The number of halogens is 1. The fraction of sp³-hybridized carbons (Fsp3) is 0.133. The van der Waals surface area contributed by atoms with Crippen LogP contribution in [0.5, 0.6) is 0 Å². The van der Waals surface area contributed by atoms with Crippen molar-refractivity contribution in [2.75, 3.05) is 7.05 Å². The minimum Gasteiger partial charge on any atom is -0.359 e. The molecule has 2 rings (SSSR count). The minimum absolute atomic E-state index is 0.0845. The Bertz CT molecular complexity index is 566. The summed E-state index contributed by atoms with van der Waals surface area (Å²) in [6, 6.07) is 13.9. The van der Waals surface area contributed by atoms with E-state index < -0.39 is 0 Å². The molecule has 0 fully saturated rings. The highest BCUT2D eigenvalue weighted by Gasteiger charge is 2.10. The van der Waals surface area contributed by atoms with Gasteiger partial charge in [0.25, 0.3) is 0 Å². The van der Waals surface area contributed by atoms with Crippen molar-refractivity contribution in [3.05, 3.63) is 59.9 Å². The van der Waals surface area contributed by atoms with Crippen molar-refractivity contribution < 1.29 is 9.18 Å². The monoisotopic (exact) mass is 243 g/mol. The Morgan fingerprint density at radius 3 is 2.33 bits per heavy atom. The third kappa shape index (κ3) is 2.56. The van der Waals surface area contributed by atoms with Crippen molar-refractivity contribution in [2.45, 2.75) is 6.42 Å². The van der Waals surface area contributed by atoms with E-state index in [0.29, 0.717) is 5.56 Å². The van der Waals surface area contributed by atoms with Crippen LogP contribution >= 0.6 is 0 Å². The predicted molar refractivity (Wildman–Crippen MR) is 69.6 cm³/mol. The average molecular weight is 243 g/mol. The molecule has 0 bridgehead atoms. The molecule has 0 radical (unpaired) electrons. The zero-order chi connectivity index (χ0) is 13.0. The lowest BCUT2D eigenvalue weighted by Crippen LogP contribution is -2.20. The molecule has 0 saturated heterocycles. The van der Waals surface area contributed by atoms with E-state index in [0.717, 1.165) is 11.1 Å². The molecule has 0 aliphatic rings. The summed E-state index contributed by atoms with van der Waals surface area (Å²) in [7, 11) is 1.59. The number of amides is 1. The highest BCUT2D eigenvalue weighted by Crippen LogP contribution is 2.26. The largest absolute Gasteiger partial charge is 0.359 e. The molecule has 2 aromatic rings. The van der Waals surface area contributed by atoms with Crippen molar-refractivity contribution >= 4 is 5.91 Å². The molecule has 0 aliphatic heterocycles. The van der Waals surface area contributed by atoms with Gasteiger partial charge in [0.15, 0.2) is 0 Å². The highest BCUT2D eigenvalue weighted by atomic mass is 19.1. The van der Waals surface area contributed by atoms with Crippen molar-refractivity contribution in [2.24, 2.45) is 0 Å². The quantitative estimate of drug-likeness (QED) is 0.882. The van der Waals surface area contributed by atoms with Crippen LogP contribution in [0.3, 0.4) is 0 Å². The molecule has 1 amide bonds. The Kier molecular flexibility index (Phi) is 3.72. The number of rotatable bonds is 3. The third-order valence-electron chi connectivity index (χ3n) is 2.81. The molecule has 0 heterocycles. The minimum atomic E-state index is -0.276. The van der Waals surface area contributed by atoms with E-state index in [-0.39, 0.29) is 18.1 Å². The molecule has 0 spiro atoms. The van der Waals surface area contributed by atoms with E-state index in [2.05, 4.69) is 5.32 Å². The van der Waals surface area contributed by atoms with Gasteiger partial charge in [0.2, 0.25) is 5.91 Å². The van der Waals surface area contributed by atoms with Crippen LogP contribution in [0.15, 0.2) is 48.5 Å². The van der Waals surface area contributed by atoms with Gasteiger partial charge in [0.05, 0.1) is 6.42 Å². The molecular formula is C15H14FNO. The second kappa shape index (κ2) is 5.45. The Morgan fingerprint density at radius 2 is 1.67 bits per heavy atom. The summed E-state index contributed by atoms with van der Waals surface area (Å²) >= 11 is 0. The number of benzene rings is 2. The molecular weight excluding hydrogens is 229 g/mol. The zero-order valence-electron chi connectivity index (χ0n) is 10.1. The Balaban J connectivity index is 2.45. The fourth-order valence-electron chi connectivity index (χ4n) is 1.88. The van der Waals surface area contributed by atoms with Crippen LogP contribution in [0, 0.1) is 5.82 Å². The first-order chi connectivity index (χ1) is 8.72. The van der Waals surface area contributed by atoms with Crippen molar-refractivity contribution in [3.63, 3.8) is 0 Å². The molecule has 0 aromatic heterocycles. The van der Waals surface area contributed by atoms with Gasteiger partial charge < -0.3 is 5.32 Å². The van der Waals surface area contributed by atoms with Crippen LogP contribution in [0.4, 0.5) is 4.39 Å². The summed E-state index contributed by atoms with van der Waals surface area (Å²) in [5.41, 5.74) is 2.11. The molecule has 2 aromatic carbocycles. The van der Waals surface area contributed by atoms with Crippen LogP contribution in [-0.2, 0) is 11.2 Å². The van der Waals surface area contributed by atoms with Gasteiger partial charge in [-0.05, 0) is 17.2 Å². The van der Waals surface area contributed by atoms with Crippen LogP contribution in [0.1, 0.15) is 5.56 Å². The summed E-state index contributed by atoms with van der Waals surface area (Å²) in [4.78, 5) is 11.4. The smallest absolute Gasteiger partial charge is 0.224 e. The molecule has 18 heavy (non-hydrogen) atoms. The van der Waals surface area contributed by atoms with E-state index >= 15 is 0 Å². The number of hydrogen-bond acceptors (Lipinski definition) is 1. The van der Waals surface area contributed by atoms with Crippen molar-refractivity contribution in [3.8, 4) is 11.1 Å². The second-order valence-corrected chi connectivity index (χ2v) is 3.99. The maximum absolute atomic E-state index is 13.8. The summed E-state index contributed by atoms with van der Waals surface area (Å²) in [5.74, 6) is -0.361. The lowest BCUT2D eigenvalue weighted by Gasteiger charge is -2.09. The highest BCUT2D eigenvalue weighted by molar-refractivity contribution is 5.81. The first-order valence-electron chi connectivity index (χ1n) is 5.75. The van der Waals surface area contributed by atoms with Gasteiger partial charge in [-0.3, -0.25) is 4.79 Å². The number of carbonyl (C=O) groups excluding carboxylic acids is 1. The van der Waals surface area contributed by atoms with Crippen molar-refractivity contribution in [1.82, 2.24) is 5.32 Å². The Hall–Kier alpha value is -2.16. The number of carbonyl (C=O) groups is 1. The second-order valence-electron chi connectivity index (χ2n) is 3.99. The SMILES string of the molecule is CNC(=O)Cc1ccccc1-c1ccccc1F. The molecule has 0 unspecified atom stereocenters. The molecule has 92 valence electrons. The maximum atomic E-state index is 13.8. The standard InChI is InChI=1S/C15H14FNO/c1-17-15(18)10-11-6-2-3-7-12(11)13-8-4-5-9-14(13)16/h2-9H,10H2,1H3,(H,17,18). The zero-order valence-corrected chi connectivity index (χ0v) is 10.1. The molecule has 0 atom stereocenters. The van der Waals surface area contributed by atoms with E-state index in [1.165, 1.54) is 6.07 Å². The first kappa shape index (κ1) is 12.3.